The van der Waals surface area contributed by atoms with Crippen LogP contribution in [0.1, 0.15) is 39.2 Å². The van der Waals surface area contributed by atoms with Crippen LogP contribution in [0.2, 0.25) is 0 Å². The van der Waals surface area contributed by atoms with Crippen LogP contribution in [0.5, 0.6) is 5.75 Å². The van der Waals surface area contributed by atoms with Gasteiger partial charge in [-0.2, -0.15) is 0 Å². The molecule has 0 spiro atoms. The largest absolute Gasteiger partial charge is 0.496 e. The Morgan fingerprint density at radius 2 is 1.86 bits per heavy atom. The molecule has 0 aromatic heterocycles. The van der Waals surface area contributed by atoms with Crippen LogP contribution in [-0.4, -0.2) is 28.1 Å². The number of nitrogens with one attached hydrogen (secondary N) is 2. The summed E-state index contributed by atoms with van der Waals surface area (Å²) in [5.41, 5.74) is 0.840. The standard InChI is InChI=1S/C15H26N2O3S/c1-5-13(6-2)17-21(18,19)14-8-9-15(20-4)12(10-14)11-16-7-3/h8-10,13,16-17H,5-7,11H2,1-4H3. The zero-order chi connectivity index (χ0) is 15.9. The van der Waals surface area contributed by atoms with Gasteiger partial charge in [0, 0.05) is 18.2 Å². The summed E-state index contributed by atoms with van der Waals surface area (Å²) < 4.78 is 32.8. The highest BCUT2D eigenvalue weighted by molar-refractivity contribution is 7.89. The Bertz CT molecular complexity index is 540. The van der Waals surface area contributed by atoms with Gasteiger partial charge in [0.2, 0.25) is 10.0 Å². The summed E-state index contributed by atoms with van der Waals surface area (Å²) in [7, 11) is -1.90. The number of hydrogen-bond donors (Lipinski definition) is 2. The smallest absolute Gasteiger partial charge is 0.240 e. The van der Waals surface area contributed by atoms with Gasteiger partial charge in [-0.1, -0.05) is 20.8 Å². The molecule has 5 nitrogen and oxygen atoms in total. The van der Waals surface area contributed by atoms with E-state index in [0.29, 0.717) is 12.3 Å². The van der Waals surface area contributed by atoms with E-state index < -0.39 is 10.0 Å². The van der Waals surface area contributed by atoms with Crippen molar-refractivity contribution in [3.05, 3.63) is 23.8 Å². The Kier molecular flexibility index (Phi) is 7.14. The van der Waals surface area contributed by atoms with E-state index in [-0.39, 0.29) is 10.9 Å². The lowest BCUT2D eigenvalue weighted by Gasteiger charge is -2.16. The van der Waals surface area contributed by atoms with Crippen LogP contribution in [0.4, 0.5) is 0 Å². The fraction of sp³-hybridized carbons (Fsp3) is 0.600. The first-order valence-electron chi connectivity index (χ1n) is 7.38. The van der Waals surface area contributed by atoms with Crippen molar-refractivity contribution >= 4 is 10.0 Å². The Labute approximate surface area is 128 Å². The van der Waals surface area contributed by atoms with Gasteiger partial charge in [0.1, 0.15) is 5.75 Å². The van der Waals surface area contributed by atoms with Crippen molar-refractivity contribution in [2.24, 2.45) is 0 Å². The predicted octanol–water partition coefficient (Wildman–Crippen LogP) is 2.27. The Hall–Kier alpha value is -1.11. The van der Waals surface area contributed by atoms with E-state index in [9.17, 15) is 8.42 Å². The van der Waals surface area contributed by atoms with Gasteiger partial charge in [0.05, 0.1) is 12.0 Å². The molecule has 0 bridgehead atoms. The van der Waals surface area contributed by atoms with Gasteiger partial charge in [-0.15, -0.1) is 0 Å². The van der Waals surface area contributed by atoms with E-state index in [1.807, 2.05) is 20.8 Å². The highest BCUT2D eigenvalue weighted by atomic mass is 32.2. The molecule has 0 saturated carbocycles. The first-order chi connectivity index (χ1) is 9.98. The molecule has 0 aliphatic heterocycles. The van der Waals surface area contributed by atoms with Crippen molar-refractivity contribution in [2.75, 3.05) is 13.7 Å². The second-order valence-corrected chi connectivity index (χ2v) is 6.60. The average molecular weight is 314 g/mol. The SMILES string of the molecule is CCNCc1cc(S(=O)(=O)NC(CC)CC)ccc1OC. The number of benzene rings is 1. The Morgan fingerprint density at radius 3 is 2.38 bits per heavy atom. The van der Waals surface area contributed by atoms with Crippen LogP contribution in [0.15, 0.2) is 23.1 Å². The zero-order valence-corrected chi connectivity index (χ0v) is 14.1. The quantitative estimate of drug-likeness (QED) is 0.734. The third-order valence-corrected chi connectivity index (χ3v) is 4.95. The van der Waals surface area contributed by atoms with Gasteiger partial charge in [0.25, 0.3) is 0 Å². The third kappa shape index (κ3) is 4.98. The molecular weight excluding hydrogens is 288 g/mol. The van der Waals surface area contributed by atoms with E-state index in [0.717, 1.165) is 24.9 Å². The summed E-state index contributed by atoms with van der Waals surface area (Å²) in [5.74, 6) is 0.692. The molecule has 2 N–H and O–H groups in total. The molecule has 0 unspecified atom stereocenters. The van der Waals surface area contributed by atoms with Crippen molar-refractivity contribution in [2.45, 2.75) is 51.1 Å². The van der Waals surface area contributed by atoms with Crippen LogP contribution in [0.3, 0.4) is 0 Å². The molecule has 0 radical (unpaired) electrons. The minimum absolute atomic E-state index is 0.0330. The lowest BCUT2D eigenvalue weighted by Crippen LogP contribution is -2.33. The maximum atomic E-state index is 12.4. The lowest BCUT2D eigenvalue weighted by molar-refractivity contribution is 0.407. The highest BCUT2D eigenvalue weighted by Crippen LogP contribution is 2.22. The molecule has 0 saturated heterocycles. The van der Waals surface area contributed by atoms with Gasteiger partial charge in [-0.25, -0.2) is 13.1 Å². The number of sulfonamides is 1. The van der Waals surface area contributed by atoms with Crippen LogP contribution in [-0.2, 0) is 16.6 Å². The maximum Gasteiger partial charge on any atom is 0.240 e. The molecule has 0 aliphatic carbocycles. The minimum atomic E-state index is -3.49. The number of ether oxygens (including phenoxy) is 1. The summed E-state index contributed by atoms with van der Waals surface area (Å²) in [5, 5.41) is 3.19. The number of rotatable bonds is 9. The molecule has 1 aromatic carbocycles. The van der Waals surface area contributed by atoms with Gasteiger partial charge in [-0.3, -0.25) is 0 Å². The topological polar surface area (TPSA) is 67.4 Å². The Morgan fingerprint density at radius 1 is 1.19 bits per heavy atom. The monoisotopic (exact) mass is 314 g/mol. The van der Waals surface area contributed by atoms with E-state index in [1.165, 1.54) is 0 Å². The van der Waals surface area contributed by atoms with Gasteiger partial charge < -0.3 is 10.1 Å². The molecular formula is C15H26N2O3S. The minimum Gasteiger partial charge on any atom is -0.496 e. The van der Waals surface area contributed by atoms with Crippen LogP contribution in [0.25, 0.3) is 0 Å². The van der Waals surface area contributed by atoms with E-state index in [4.69, 9.17) is 4.74 Å². The molecule has 0 amide bonds. The number of methoxy groups -OCH3 is 1. The normalized spacial score (nSPS) is 11.9. The molecule has 6 heteroatoms. The molecule has 0 aliphatic rings. The lowest BCUT2D eigenvalue weighted by atomic mass is 10.2. The molecule has 21 heavy (non-hydrogen) atoms. The molecule has 1 aromatic rings. The van der Waals surface area contributed by atoms with Crippen LogP contribution in [0, 0.1) is 0 Å². The average Bonchev–Trinajstić information content (AvgIpc) is 2.50. The van der Waals surface area contributed by atoms with Crippen LogP contribution < -0.4 is 14.8 Å². The Balaban J connectivity index is 3.06. The predicted molar refractivity (Wildman–Crippen MR) is 85.1 cm³/mol. The summed E-state index contributed by atoms with van der Waals surface area (Å²) in [6, 6.07) is 4.92. The van der Waals surface area contributed by atoms with Crippen molar-refractivity contribution in [1.29, 1.82) is 0 Å². The molecule has 0 heterocycles. The van der Waals surface area contributed by atoms with Crippen molar-refractivity contribution in [3.8, 4) is 5.75 Å². The van der Waals surface area contributed by atoms with Crippen molar-refractivity contribution < 1.29 is 13.2 Å². The van der Waals surface area contributed by atoms with E-state index in [1.54, 1.807) is 25.3 Å². The summed E-state index contributed by atoms with van der Waals surface area (Å²) in [6.07, 6.45) is 1.55. The third-order valence-electron chi connectivity index (χ3n) is 3.44. The molecule has 120 valence electrons. The highest BCUT2D eigenvalue weighted by Gasteiger charge is 2.19. The summed E-state index contributed by atoms with van der Waals surface area (Å²) in [6.45, 7) is 7.34. The van der Waals surface area contributed by atoms with Crippen molar-refractivity contribution in [3.63, 3.8) is 0 Å². The molecule has 0 fully saturated rings. The maximum absolute atomic E-state index is 12.4. The van der Waals surface area contributed by atoms with Crippen LogP contribution >= 0.6 is 0 Å². The van der Waals surface area contributed by atoms with Gasteiger partial charge >= 0.3 is 0 Å². The fourth-order valence-corrected chi connectivity index (χ4v) is 3.52. The van der Waals surface area contributed by atoms with E-state index in [2.05, 4.69) is 10.0 Å². The summed E-state index contributed by atoms with van der Waals surface area (Å²) >= 11 is 0. The molecule has 0 atom stereocenters. The number of hydrogen-bond acceptors (Lipinski definition) is 4. The first kappa shape index (κ1) is 17.9. The van der Waals surface area contributed by atoms with Gasteiger partial charge in [0.15, 0.2) is 0 Å². The molecule has 1 rings (SSSR count). The van der Waals surface area contributed by atoms with E-state index >= 15 is 0 Å². The van der Waals surface area contributed by atoms with Gasteiger partial charge in [-0.05, 0) is 37.6 Å². The van der Waals surface area contributed by atoms with Crippen molar-refractivity contribution in [1.82, 2.24) is 10.0 Å². The second-order valence-electron chi connectivity index (χ2n) is 4.89. The second kappa shape index (κ2) is 8.36. The summed E-state index contributed by atoms with van der Waals surface area (Å²) in [4.78, 5) is 0.281. The fourth-order valence-electron chi connectivity index (χ4n) is 2.06. The zero-order valence-electron chi connectivity index (χ0n) is 13.3. The first-order valence-corrected chi connectivity index (χ1v) is 8.86.